The molecule has 4 heteroatoms. The third-order valence-electron chi connectivity index (χ3n) is 3.65. The lowest BCUT2D eigenvalue weighted by molar-refractivity contribution is 0.0954. The molecule has 1 amide bonds. The van der Waals surface area contributed by atoms with Gasteiger partial charge in [-0.3, -0.25) is 4.79 Å². The van der Waals surface area contributed by atoms with E-state index in [0.29, 0.717) is 25.1 Å². The summed E-state index contributed by atoms with van der Waals surface area (Å²) < 4.78 is 2.02. The minimum atomic E-state index is -0.0785. The number of nitrogens with one attached hydrogen (secondary N) is 1. The Bertz CT molecular complexity index is 859. The SMILES string of the molecule is C#CCn1c(CCNC(=O)c2ccccc2)nc2ccccc21. The maximum atomic E-state index is 12.0. The van der Waals surface area contributed by atoms with Gasteiger partial charge in [-0.25, -0.2) is 4.98 Å². The highest BCUT2D eigenvalue weighted by Gasteiger charge is 2.10. The molecule has 0 saturated carbocycles. The van der Waals surface area contributed by atoms with Gasteiger partial charge in [0.1, 0.15) is 5.82 Å². The van der Waals surface area contributed by atoms with Gasteiger partial charge in [-0.1, -0.05) is 36.3 Å². The molecule has 3 aromatic rings. The van der Waals surface area contributed by atoms with Crippen LogP contribution in [-0.2, 0) is 13.0 Å². The zero-order chi connectivity index (χ0) is 16.1. The van der Waals surface area contributed by atoms with Crippen molar-refractivity contribution in [1.29, 1.82) is 0 Å². The zero-order valence-electron chi connectivity index (χ0n) is 12.7. The average Bonchev–Trinajstić information content (AvgIpc) is 2.94. The average molecular weight is 303 g/mol. The Morgan fingerprint density at radius 1 is 1.13 bits per heavy atom. The van der Waals surface area contributed by atoms with Crippen molar-refractivity contribution in [3.8, 4) is 12.3 Å². The fraction of sp³-hybridized carbons (Fsp3) is 0.158. The number of amides is 1. The summed E-state index contributed by atoms with van der Waals surface area (Å²) in [7, 11) is 0. The van der Waals surface area contributed by atoms with Crippen LogP contribution >= 0.6 is 0 Å². The van der Waals surface area contributed by atoms with Crippen LogP contribution in [0.3, 0.4) is 0 Å². The maximum absolute atomic E-state index is 12.0. The molecule has 0 aliphatic rings. The molecule has 0 spiro atoms. The van der Waals surface area contributed by atoms with Crippen LogP contribution in [0.2, 0.25) is 0 Å². The second-order valence-electron chi connectivity index (χ2n) is 5.18. The molecule has 1 aromatic heterocycles. The molecule has 0 aliphatic carbocycles. The summed E-state index contributed by atoms with van der Waals surface area (Å²) in [4.78, 5) is 16.7. The highest BCUT2D eigenvalue weighted by molar-refractivity contribution is 5.94. The lowest BCUT2D eigenvalue weighted by Crippen LogP contribution is -2.26. The molecule has 2 aromatic carbocycles. The van der Waals surface area contributed by atoms with Crippen LogP contribution in [0, 0.1) is 12.3 Å². The van der Waals surface area contributed by atoms with Crippen LogP contribution in [0.25, 0.3) is 11.0 Å². The molecule has 3 rings (SSSR count). The van der Waals surface area contributed by atoms with Crippen molar-refractivity contribution in [2.75, 3.05) is 6.54 Å². The number of hydrogen-bond acceptors (Lipinski definition) is 2. The van der Waals surface area contributed by atoms with Gasteiger partial charge in [-0.2, -0.15) is 0 Å². The Hall–Kier alpha value is -3.06. The molecule has 0 bridgehead atoms. The first-order valence-electron chi connectivity index (χ1n) is 7.50. The molecule has 0 aliphatic heterocycles. The Balaban J connectivity index is 1.71. The summed E-state index contributed by atoms with van der Waals surface area (Å²) >= 11 is 0. The minimum absolute atomic E-state index is 0.0785. The lowest BCUT2D eigenvalue weighted by Gasteiger charge is -2.07. The highest BCUT2D eigenvalue weighted by atomic mass is 16.1. The van der Waals surface area contributed by atoms with Crippen molar-refractivity contribution in [3.05, 3.63) is 66.0 Å². The Kier molecular flexibility index (Phi) is 4.39. The Morgan fingerprint density at radius 2 is 1.87 bits per heavy atom. The van der Waals surface area contributed by atoms with E-state index in [1.54, 1.807) is 12.1 Å². The van der Waals surface area contributed by atoms with Crippen LogP contribution in [0.5, 0.6) is 0 Å². The molecule has 0 unspecified atom stereocenters. The number of terminal acetylenes is 1. The van der Waals surface area contributed by atoms with Gasteiger partial charge >= 0.3 is 0 Å². The first-order chi connectivity index (χ1) is 11.3. The number of carbonyl (C=O) groups excluding carboxylic acids is 1. The number of aromatic nitrogens is 2. The van der Waals surface area contributed by atoms with E-state index in [0.717, 1.165) is 16.9 Å². The van der Waals surface area contributed by atoms with E-state index >= 15 is 0 Å². The summed E-state index contributed by atoms with van der Waals surface area (Å²) in [6.45, 7) is 0.990. The number of hydrogen-bond donors (Lipinski definition) is 1. The van der Waals surface area contributed by atoms with Gasteiger partial charge in [0.15, 0.2) is 0 Å². The fourth-order valence-electron chi connectivity index (χ4n) is 2.56. The highest BCUT2D eigenvalue weighted by Crippen LogP contribution is 2.16. The quantitative estimate of drug-likeness (QED) is 0.737. The monoisotopic (exact) mass is 303 g/mol. The topological polar surface area (TPSA) is 46.9 Å². The van der Waals surface area contributed by atoms with Crippen LogP contribution in [-0.4, -0.2) is 22.0 Å². The molecule has 0 saturated heterocycles. The summed E-state index contributed by atoms with van der Waals surface area (Å²) in [5.74, 6) is 3.47. The first-order valence-corrected chi connectivity index (χ1v) is 7.50. The molecule has 1 heterocycles. The van der Waals surface area contributed by atoms with Crippen LogP contribution in [0.4, 0.5) is 0 Å². The second-order valence-corrected chi connectivity index (χ2v) is 5.18. The number of fused-ring (bicyclic) bond motifs is 1. The van der Waals surface area contributed by atoms with Crippen molar-refractivity contribution in [2.45, 2.75) is 13.0 Å². The van der Waals surface area contributed by atoms with Gasteiger partial charge in [-0.05, 0) is 24.3 Å². The normalized spacial score (nSPS) is 10.4. The van der Waals surface area contributed by atoms with Gasteiger partial charge in [-0.15, -0.1) is 6.42 Å². The zero-order valence-corrected chi connectivity index (χ0v) is 12.7. The van der Waals surface area contributed by atoms with Crippen molar-refractivity contribution >= 4 is 16.9 Å². The van der Waals surface area contributed by atoms with Gasteiger partial charge in [0, 0.05) is 18.5 Å². The lowest BCUT2D eigenvalue weighted by atomic mass is 10.2. The molecule has 114 valence electrons. The number of carbonyl (C=O) groups is 1. The molecule has 4 nitrogen and oxygen atoms in total. The standard InChI is InChI=1S/C19H17N3O/c1-2-14-22-17-11-7-6-10-16(17)21-18(22)12-13-20-19(23)15-8-4-3-5-9-15/h1,3-11H,12-14H2,(H,20,23). The smallest absolute Gasteiger partial charge is 0.251 e. The van der Waals surface area contributed by atoms with E-state index < -0.39 is 0 Å². The van der Waals surface area contributed by atoms with Gasteiger partial charge in [0.05, 0.1) is 17.6 Å². The largest absolute Gasteiger partial charge is 0.352 e. The summed E-state index contributed by atoms with van der Waals surface area (Å²) in [5.41, 5.74) is 2.60. The minimum Gasteiger partial charge on any atom is -0.352 e. The molecular formula is C19H17N3O. The summed E-state index contributed by atoms with van der Waals surface area (Å²) in [5, 5.41) is 2.92. The third kappa shape index (κ3) is 3.24. The van der Waals surface area contributed by atoms with E-state index in [1.807, 2.05) is 47.0 Å². The number of nitrogens with zero attached hydrogens (tertiary/aromatic N) is 2. The Morgan fingerprint density at radius 3 is 2.65 bits per heavy atom. The predicted molar refractivity (Wildman–Crippen MR) is 91.0 cm³/mol. The Labute approximate surface area is 135 Å². The predicted octanol–water partition coefficient (Wildman–Crippen LogP) is 2.64. The first kappa shape index (κ1) is 14.9. The van der Waals surface area contributed by atoms with Crippen LogP contribution in [0.15, 0.2) is 54.6 Å². The van der Waals surface area contributed by atoms with E-state index in [9.17, 15) is 4.79 Å². The van der Waals surface area contributed by atoms with Crippen molar-refractivity contribution in [2.24, 2.45) is 0 Å². The number of para-hydroxylation sites is 2. The molecular weight excluding hydrogens is 286 g/mol. The third-order valence-corrected chi connectivity index (χ3v) is 3.65. The number of benzene rings is 2. The molecule has 1 N–H and O–H groups in total. The van der Waals surface area contributed by atoms with Gasteiger partial charge in [0.25, 0.3) is 5.91 Å². The van der Waals surface area contributed by atoms with Crippen molar-refractivity contribution in [3.63, 3.8) is 0 Å². The second kappa shape index (κ2) is 6.80. The maximum Gasteiger partial charge on any atom is 0.251 e. The van der Waals surface area contributed by atoms with Gasteiger partial charge in [0.2, 0.25) is 0 Å². The fourth-order valence-corrected chi connectivity index (χ4v) is 2.56. The van der Waals surface area contributed by atoms with Crippen LogP contribution in [0.1, 0.15) is 16.2 Å². The summed E-state index contributed by atoms with van der Waals surface area (Å²) in [6.07, 6.45) is 6.10. The number of rotatable bonds is 5. The molecule has 23 heavy (non-hydrogen) atoms. The number of imidazole rings is 1. The van der Waals surface area contributed by atoms with E-state index in [2.05, 4.69) is 16.2 Å². The molecule has 0 radical (unpaired) electrons. The van der Waals surface area contributed by atoms with E-state index in [-0.39, 0.29) is 5.91 Å². The van der Waals surface area contributed by atoms with Crippen molar-refractivity contribution < 1.29 is 4.79 Å². The molecule has 0 atom stereocenters. The van der Waals surface area contributed by atoms with Gasteiger partial charge < -0.3 is 9.88 Å². The van der Waals surface area contributed by atoms with E-state index in [1.165, 1.54) is 0 Å². The van der Waals surface area contributed by atoms with Crippen LogP contribution < -0.4 is 5.32 Å². The van der Waals surface area contributed by atoms with Crippen molar-refractivity contribution in [1.82, 2.24) is 14.9 Å². The van der Waals surface area contributed by atoms with E-state index in [4.69, 9.17) is 6.42 Å². The molecule has 0 fully saturated rings. The summed E-state index contributed by atoms with van der Waals surface area (Å²) in [6, 6.07) is 17.1.